The number of fused-ring (bicyclic) bond motifs is 1. The highest BCUT2D eigenvalue weighted by Crippen LogP contribution is 2.33. The molecule has 6 heteroatoms. The quantitative estimate of drug-likeness (QED) is 0.774. The largest absolute Gasteiger partial charge is 0.490 e. The Bertz CT molecular complexity index is 456. The number of aromatic nitrogens is 2. The number of anilines is 1. The number of halogens is 1. The Labute approximate surface area is 118 Å². The van der Waals surface area contributed by atoms with Crippen LogP contribution in [0.5, 0.6) is 5.75 Å². The van der Waals surface area contributed by atoms with Crippen molar-refractivity contribution in [3.63, 3.8) is 0 Å². The summed E-state index contributed by atoms with van der Waals surface area (Å²) >= 11 is 6.09. The van der Waals surface area contributed by atoms with E-state index in [0.717, 1.165) is 25.3 Å². The fourth-order valence-electron chi connectivity index (χ4n) is 3.14. The zero-order valence-electron chi connectivity index (χ0n) is 11.2. The van der Waals surface area contributed by atoms with Gasteiger partial charge in [0.1, 0.15) is 6.33 Å². The third-order valence-corrected chi connectivity index (χ3v) is 4.32. The van der Waals surface area contributed by atoms with E-state index in [2.05, 4.69) is 19.8 Å². The first-order chi connectivity index (χ1) is 9.29. The first-order valence-electron chi connectivity index (χ1n) is 6.83. The van der Waals surface area contributed by atoms with Crippen LogP contribution in [0.4, 0.5) is 5.82 Å². The van der Waals surface area contributed by atoms with Crippen molar-refractivity contribution in [2.75, 3.05) is 38.2 Å². The predicted octanol–water partition coefficient (Wildman–Crippen LogP) is 1.81. The van der Waals surface area contributed by atoms with Crippen LogP contribution in [0, 0.1) is 0 Å². The predicted molar refractivity (Wildman–Crippen MR) is 75.0 cm³/mol. The fourth-order valence-corrected chi connectivity index (χ4v) is 3.35. The Hall–Kier alpha value is -1.07. The number of hydrogen-bond donors (Lipinski definition) is 0. The molecular weight excluding hydrogens is 264 g/mol. The third-order valence-electron chi connectivity index (χ3n) is 4.05. The van der Waals surface area contributed by atoms with Crippen molar-refractivity contribution >= 4 is 17.4 Å². The zero-order valence-corrected chi connectivity index (χ0v) is 11.9. The summed E-state index contributed by atoms with van der Waals surface area (Å²) in [5.74, 6) is 1.42. The maximum absolute atomic E-state index is 6.09. The van der Waals surface area contributed by atoms with Gasteiger partial charge >= 0.3 is 0 Å². The van der Waals surface area contributed by atoms with Gasteiger partial charge in [0, 0.05) is 25.7 Å². The summed E-state index contributed by atoms with van der Waals surface area (Å²) < 4.78 is 5.37. The molecule has 1 aromatic heterocycles. The molecule has 0 spiro atoms. The van der Waals surface area contributed by atoms with Gasteiger partial charge in [0.25, 0.3) is 0 Å². The molecule has 3 rings (SSSR count). The van der Waals surface area contributed by atoms with Gasteiger partial charge in [-0.25, -0.2) is 9.97 Å². The lowest BCUT2D eigenvalue weighted by Crippen LogP contribution is -2.37. The molecule has 2 fully saturated rings. The molecule has 2 aliphatic rings. The summed E-state index contributed by atoms with van der Waals surface area (Å²) in [5, 5.41) is 0.389. The molecule has 2 saturated heterocycles. The van der Waals surface area contributed by atoms with Crippen molar-refractivity contribution in [2.45, 2.75) is 25.3 Å². The molecule has 1 aromatic rings. The van der Waals surface area contributed by atoms with Crippen LogP contribution in [0.25, 0.3) is 0 Å². The highest BCUT2D eigenvalue weighted by atomic mass is 35.5. The van der Waals surface area contributed by atoms with Crippen LogP contribution in [-0.4, -0.2) is 54.2 Å². The zero-order chi connectivity index (χ0) is 13.2. The van der Waals surface area contributed by atoms with Gasteiger partial charge in [-0.05, 0) is 25.8 Å². The molecule has 0 aliphatic carbocycles. The van der Waals surface area contributed by atoms with E-state index in [1.54, 1.807) is 7.11 Å². The van der Waals surface area contributed by atoms with Crippen LogP contribution < -0.4 is 9.64 Å². The van der Waals surface area contributed by atoms with Crippen molar-refractivity contribution in [3.8, 4) is 5.75 Å². The average molecular weight is 283 g/mol. The molecule has 19 heavy (non-hydrogen) atoms. The Morgan fingerprint density at radius 3 is 2.95 bits per heavy atom. The van der Waals surface area contributed by atoms with Crippen LogP contribution in [0.2, 0.25) is 5.15 Å². The minimum atomic E-state index is 0.389. The minimum absolute atomic E-state index is 0.389. The Kier molecular flexibility index (Phi) is 3.75. The maximum atomic E-state index is 6.09. The normalized spacial score (nSPS) is 24.1. The SMILES string of the molecule is COc1c(Cl)ncnc1N1CCCN2CCCC2C1. The van der Waals surface area contributed by atoms with E-state index < -0.39 is 0 Å². The average Bonchev–Trinajstić information content (AvgIpc) is 2.76. The maximum Gasteiger partial charge on any atom is 0.199 e. The van der Waals surface area contributed by atoms with E-state index in [1.165, 1.54) is 32.3 Å². The molecule has 2 aliphatic heterocycles. The summed E-state index contributed by atoms with van der Waals surface area (Å²) in [7, 11) is 1.62. The van der Waals surface area contributed by atoms with Gasteiger partial charge in [-0.15, -0.1) is 0 Å². The topological polar surface area (TPSA) is 41.5 Å². The van der Waals surface area contributed by atoms with Gasteiger partial charge in [0.15, 0.2) is 16.7 Å². The number of ether oxygens (including phenoxy) is 1. The molecule has 0 saturated carbocycles. The van der Waals surface area contributed by atoms with E-state index in [9.17, 15) is 0 Å². The van der Waals surface area contributed by atoms with Crippen molar-refractivity contribution in [1.29, 1.82) is 0 Å². The molecule has 0 radical (unpaired) electrons. The van der Waals surface area contributed by atoms with E-state index >= 15 is 0 Å². The smallest absolute Gasteiger partial charge is 0.199 e. The molecule has 3 heterocycles. The molecule has 1 atom stereocenters. The lowest BCUT2D eigenvalue weighted by atomic mass is 10.2. The Morgan fingerprint density at radius 1 is 1.26 bits per heavy atom. The van der Waals surface area contributed by atoms with E-state index in [-0.39, 0.29) is 0 Å². The van der Waals surface area contributed by atoms with Gasteiger partial charge in [-0.1, -0.05) is 11.6 Å². The summed E-state index contributed by atoms with van der Waals surface area (Å²) in [6.45, 7) is 4.42. The van der Waals surface area contributed by atoms with Gasteiger partial charge in [0.05, 0.1) is 7.11 Å². The lowest BCUT2D eigenvalue weighted by Gasteiger charge is -2.27. The first-order valence-corrected chi connectivity index (χ1v) is 7.21. The standard InChI is InChI=1S/C13H19ClN4O/c1-19-11-12(14)15-9-16-13(11)18-7-3-6-17-5-2-4-10(17)8-18/h9-10H,2-8H2,1H3. The van der Waals surface area contributed by atoms with E-state index in [0.29, 0.717) is 16.9 Å². The van der Waals surface area contributed by atoms with Crippen LogP contribution >= 0.6 is 11.6 Å². The van der Waals surface area contributed by atoms with Crippen molar-refractivity contribution < 1.29 is 4.74 Å². The fraction of sp³-hybridized carbons (Fsp3) is 0.692. The summed E-state index contributed by atoms with van der Waals surface area (Å²) in [6.07, 6.45) is 5.25. The van der Waals surface area contributed by atoms with Crippen molar-refractivity contribution in [1.82, 2.24) is 14.9 Å². The summed E-state index contributed by atoms with van der Waals surface area (Å²) in [5.41, 5.74) is 0. The van der Waals surface area contributed by atoms with Gasteiger partial charge in [-0.3, -0.25) is 4.90 Å². The second-order valence-electron chi connectivity index (χ2n) is 5.15. The molecule has 5 nitrogen and oxygen atoms in total. The number of rotatable bonds is 2. The number of nitrogens with zero attached hydrogens (tertiary/aromatic N) is 4. The van der Waals surface area contributed by atoms with Crippen LogP contribution in [0.3, 0.4) is 0 Å². The van der Waals surface area contributed by atoms with Crippen LogP contribution in [-0.2, 0) is 0 Å². The van der Waals surface area contributed by atoms with Gasteiger partial charge in [-0.2, -0.15) is 0 Å². The van der Waals surface area contributed by atoms with Crippen LogP contribution in [0.1, 0.15) is 19.3 Å². The first kappa shape index (κ1) is 12.9. The highest BCUT2D eigenvalue weighted by molar-refractivity contribution is 6.31. The molecule has 104 valence electrons. The molecule has 0 N–H and O–H groups in total. The second kappa shape index (κ2) is 5.51. The van der Waals surface area contributed by atoms with Crippen LogP contribution in [0.15, 0.2) is 6.33 Å². The Morgan fingerprint density at radius 2 is 2.11 bits per heavy atom. The third kappa shape index (κ3) is 2.49. The van der Waals surface area contributed by atoms with E-state index in [4.69, 9.17) is 16.3 Å². The minimum Gasteiger partial charge on any atom is -0.490 e. The number of methoxy groups -OCH3 is 1. The van der Waals surface area contributed by atoms with Gasteiger partial charge in [0.2, 0.25) is 0 Å². The monoisotopic (exact) mass is 282 g/mol. The molecule has 0 amide bonds. The lowest BCUT2D eigenvalue weighted by molar-refractivity contribution is 0.273. The highest BCUT2D eigenvalue weighted by Gasteiger charge is 2.30. The molecular formula is C13H19ClN4O. The van der Waals surface area contributed by atoms with Gasteiger partial charge < -0.3 is 9.64 Å². The second-order valence-corrected chi connectivity index (χ2v) is 5.51. The summed E-state index contributed by atoms with van der Waals surface area (Å²) in [4.78, 5) is 13.3. The summed E-state index contributed by atoms with van der Waals surface area (Å²) in [6, 6.07) is 0.640. The molecule has 0 bridgehead atoms. The van der Waals surface area contributed by atoms with E-state index in [1.807, 2.05) is 0 Å². The van der Waals surface area contributed by atoms with Crippen molar-refractivity contribution in [3.05, 3.63) is 11.5 Å². The molecule has 1 unspecified atom stereocenters. The van der Waals surface area contributed by atoms with Crippen molar-refractivity contribution in [2.24, 2.45) is 0 Å². The number of hydrogen-bond acceptors (Lipinski definition) is 5. The molecule has 0 aromatic carbocycles. The Balaban J connectivity index is 1.87.